The summed E-state index contributed by atoms with van der Waals surface area (Å²) in [5.41, 5.74) is -0.613. The lowest BCUT2D eigenvalue weighted by molar-refractivity contribution is -0.137. The van der Waals surface area contributed by atoms with Crippen molar-refractivity contribution in [1.29, 1.82) is 0 Å². The standard InChI is InChI=1S/C14H5Cl2F3N2O2S/c15-10-9(24-13(16)21-10)5-8-12(22)23-11(20-8)6-1-3-7(4-2-6)14(17,18)19/h1-5H/b8-5+. The molecule has 1 aliphatic heterocycles. The van der Waals surface area contributed by atoms with Crippen molar-refractivity contribution in [2.45, 2.75) is 6.18 Å². The second-order valence-electron chi connectivity index (χ2n) is 4.53. The number of esters is 1. The number of rotatable bonds is 2. The van der Waals surface area contributed by atoms with Crippen molar-refractivity contribution in [3.63, 3.8) is 0 Å². The van der Waals surface area contributed by atoms with E-state index in [9.17, 15) is 18.0 Å². The molecule has 4 nitrogen and oxygen atoms in total. The van der Waals surface area contributed by atoms with Crippen molar-refractivity contribution in [1.82, 2.24) is 4.98 Å². The van der Waals surface area contributed by atoms with Crippen molar-refractivity contribution in [3.8, 4) is 0 Å². The van der Waals surface area contributed by atoms with Gasteiger partial charge in [0.2, 0.25) is 5.90 Å². The topological polar surface area (TPSA) is 51.5 Å². The molecule has 0 saturated heterocycles. The number of ether oxygens (including phenoxy) is 1. The Kier molecular flexibility index (Phi) is 4.37. The molecule has 0 atom stereocenters. The van der Waals surface area contributed by atoms with Gasteiger partial charge in [-0.25, -0.2) is 14.8 Å². The molecule has 24 heavy (non-hydrogen) atoms. The quantitative estimate of drug-likeness (QED) is 0.544. The zero-order chi connectivity index (χ0) is 17.5. The maximum Gasteiger partial charge on any atom is 0.416 e. The molecule has 3 rings (SSSR count). The van der Waals surface area contributed by atoms with Gasteiger partial charge >= 0.3 is 12.1 Å². The number of aliphatic imine (C=N–C) groups is 1. The molecule has 1 aliphatic rings. The Hall–Kier alpha value is -1.90. The predicted molar refractivity (Wildman–Crippen MR) is 84.2 cm³/mol. The largest absolute Gasteiger partial charge is 0.416 e. The summed E-state index contributed by atoms with van der Waals surface area (Å²) in [7, 11) is 0. The molecule has 0 saturated carbocycles. The number of benzene rings is 1. The van der Waals surface area contributed by atoms with Gasteiger partial charge in [0.15, 0.2) is 10.2 Å². The third-order valence-corrected chi connectivity index (χ3v) is 4.44. The van der Waals surface area contributed by atoms with E-state index in [4.69, 9.17) is 27.9 Å². The molecule has 2 heterocycles. The molecular formula is C14H5Cl2F3N2O2S. The second kappa shape index (κ2) is 6.19. The summed E-state index contributed by atoms with van der Waals surface area (Å²) in [6.07, 6.45) is -3.09. The number of carbonyl (C=O) groups is 1. The molecule has 1 aromatic heterocycles. The number of halogens is 5. The molecule has 0 fully saturated rings. The van der Waals surface area contributed by atoms with Crippen molar-refractivity contribution < 1.29 is 22.7 Å². The van der Waals surface area contributed by atoms with E-state index in [1.165, 1.54) is 18.2 Å². The second-order valence-corrected chi connectivity index (χ2v) is 6.50. The van der Waals surface area contributed by atoms with Crippen LogP contribution in [0.2, 0.25) is 9.62 Å². The minimum atomic E-state index is -4.44. The summed E-state index contributed by atoms with van der Waals surface area (Å²) in [6, 6.07) is 4.11. The Morgan fingerprint density at radius 3 is 2.38 bits per heavy atom. The molecule has 0 unspecified atom stereocenters. The SMILES string of the molecule is O=C1OC(c2ccc(C(F)(F)F)cc2)=N/C1=C/c1sc(Cl)nc1Cl. The fourth-order valence-corrected chi connectivity index (χ4v) is 3.14. The van der Waals surface area contributed by atoms with Gasteiger partial charge in [0.1, 0.15) is 5.15 Å². The van der Waals surface area contributed by atoms with Gasteiger partial charge in [-0.15, -0.1) is 11.3 Å². The molecular weight excluding hydrogens is 388 g/mol. The van der Waals surface area contributed by atoms with Gasteiger partial charge in [-0.1, -0.05) is 23.2 Å². The highest BCUT2D eigenvalue weighted by Gasteiger charge is 2.31. The highest BCUT2D eigenvalue weighted by atomic mass is 35.5. The van der Waals surface area contributed by atoms with Gasteiger partial charge in [0, 0.05) is 5.56 Å². The first-order valence-corrected chi connectivity index (χ1v) is 7.83. The fraction of sp³-hybridized carbons (Fsp3) is 0.0714. The zero-order valence-corrected chi connectivity index (χ0v) is 13.7. The molecule has 0 spiro atoms. The van der Waals surface area contributed by atoms with Gasteiger partial charge in [0.25, 0.3) is 0 Å². The van der Waals surface area contributed by atoms with Crippen molar-refractivity contribution in [2.75, 3.05) is 0 Å². The Labute approximate surface area is 147 Å². The molecule has 2 aromatic rings. The van der Waals surface area contributed by atoms with E-state index >= 15 is 0 Å². The Bertz CT molecular complexity index is 873. The third kappa shape index (κ3) is 3.45. The Balaban J connectivity index is 1.90. The van der Waals surface area contributed by atoms with Crippen molar-refractivity contribution in [3.05, 3.63) is 55.6 Å². The smallest absolute Gasteiger partial charge is 0.402 e. The third-order valence-electron chi connectivity index (χ3n) is 2.93. The van der Waals surface area contributed by atoms with E-state index in [2.05, 4.69) is 9.98 Å². The van der Waals surface area contributed by atoms with Crippen LogP contribution in [0.15, 0.2) is 35.0 Å². The number of hydrogen-bond acceptors (Lipinski definition) is 5. The van der Waals surface area contributed by atoms with E-state index in [-0.39, 0.29) is 26.8 Å². The van der Waals surface area contributed by atoms with E-state index < -0.39 is 17.7 Å². The summed E-state index contributed by atoms with van der Waals surface area (Å²) in [5, 5.41) is 0.114. The minimum absolute atomic E-state index is 0.0490. The van der Waals surface area contributed by atoms with E-state index in [0.717, 1.165) is 23.5 Å². The summed E-state index contributed by atoms with van der Waals surface area (Å²) < 4.78 is 42.8. The number of alkyl halides is 3. The highest BCUT2D eigenvalue weighted by molar-refractivity contribution is 7.17. The van der Waals surface area contributed by atoms with Gasteiger partial charge in [0.05, 0.1) is 10.4 Å². The molecule has 1 aromatic carbocycles. The Morgan fingerprint density at radius 1 is 1.17 bits per heavy atom. The van der Waals surface area contributed by atoms with E-state index in [1.807, 2.05) is 0 Å². The van der Waals surface area contributed by atoms with Crippen LogP contribution in [0.5, 0.6) is 0 Å². The van der Waals surface area contributed by atoms with Crippen LogP contribution >= 0.6 is 34.5 Å². The molecule has 10 heteroatoms. The van der Waals surface area contributed by atoms with Crippen LogP contribution < -0.4 is 0 Å². The van der Waals surface area contributed by atoms with Crippen LogP contribution in [0, 0.1) is 0 Å². The molecule has 0 aliphatic carbocycles. The molecule has 124 valence electrons. The van der Waals surface area contributed by atoms with Crippen LogP contribution in [0.25, 0.3) is 6.08 Å². The number of cyclic esters (lactones) is 1. The lowest BCUT2D eigenvalue weighted by atomic mass is 10.1. The van der Waals surface area contributed by atoms with Crippen LogP contribution in [-0.4, -0.2) is 16.9 Å². The summed E-state index contributed by atoms with van der Waals surface area (Å²) in [6.45, 7) is 0. The Morgan fingerprint density at radius 2 is 1.83 bits per heavy atom. The number of thiazole rings is 1. The molecule has 0 bridgehead atoms. The monoisotopic (exact) mass is 392 g/mol. The lowest BCUT2D eigenvalue weighted by Gasteiger charge is -2.06. The average Bonchev–Trinajstić information content (AvgIpc) is 3.01. The maximum atomic E-state index is 12.6. The molecule has 0 amide bonds. The number of nitrogens with zero attached hydrogens (tertiary/aromatic N) is 2. The molecule has 0 radical (unpaired) electrons. The van der Waals surface area contributed by atoms with Gasteiger partial charge in [-0.3, -0.25) is 0 Å². The van der Waals surface area contributed by atoms with Crippen LogP contribution in [0.4, 0.5) is 13.2 Å². The van der Waals surface area contributed by atoms with Gasteiger partial charge in [-0.2, -0.15) is 13.2 Å². The van der Waals surface area contributed by atoms with Crippen LogP contribution in [-0.2, 0) is 15.7 Å². The highest BCUT2D eigenvalue weighted by Crippen LogP contribution is 2.31. The first-order chi connectivity index (χ1) is 11.2. The van der Waals surface area contributed by atoms with Crippen molar-refractivity contribution in [2.24, 2.45) is 4.99 Å². The van der Waals surface area contributed by atoms with Gasteiger partial charge < -0.3 is 4.74 Å². The number of aromatic nitrogens is 1. The predicted octanol–water partition coefficient (Wildman–Crippen LogP) is 4.81. The van der Waals surface area contributed by atoms with Gasteiger partial charge in [-0.05, 0) is 30.3 Å². The molecule has 0 N–H and O–H groups in total. The van der Waals surface area contributed by atoms with E-state index in [1.54, 1.807) is 0 Å². The maximum absolute atomic E-state index is 12.6. The summed E-state index contributed by atoms with van der Waals surface area (Å²) in [5.74, 6) is -0.836. The average molecular weight is 393 g/mol. The summed E-state index contributed by atoms with van der Waals surface area (Å²) in [4.78, 5) is 20.0. The van der Waals surface area contributed by atoms with Crippen LogP contribution in [0.3, 0.4) is 0 Å². The zero-order valence-electron chi connectivity index (χ0n) is 11.4. The lowest BCUT2D eigenvalue weighted by Crippen LogP contribution is -2.08. The first-order valence-electron chi connectivity index (χ1n) is 6.26. The first kappa shape index (κ1) is 16.9. The minimum Gasteiger partial charge on any atom is -0.402 e. The normalized spacial score (nSPS) is 16.5. The summed E-state index contributed by atoms with van der Waals surface area (Å²) >= 11 is 12.6. The fourth-order valence-electron chi connectivity index (χ4n) is 1.84. The number of hydrogen-bond donors (Lipinski definition) is 0. The van der Waals surface area contributed by atoms with E-state index in [0.29, 0.717) is 4.88 Å². The van der Waals surface area contributed by atoms with Crippen LogP contribution in [0.1, 0.15) is 16.0 Å². The number of carbonyl (C=O) groups excluding carboxylic acids is 1. The van der Waals surface area contributed by atoms with Crippen molar-refractivity contribution >= 4 is 52.5 Å².